The van der Waals surface area contributed by atoms with E-state index in [4.69, 9.17) is 9.47 Å². The van der Waals surface area contributed by atoms with Gasteiger partial charge in [-0.15, -0.1) is 0 Å². The van der Waals surface area contributed by atoms with Gasteiger partial charge in [0.15, 0.2) is 0 Å². The third-order valence-electron chi connectivity index (χ3n) is 5.56. The number of alkyl carbamates (subject to hydrolysis) is 1. The van der Waals surface area contributed by atoms with Crippen molar-refractivity contribution in [1.82, 2.24) is 15.1 Å². The molecule has 2 fully saturated rings. The lowest BCUT2D eigenvalue weighted by Gasteiger charge is -2.38. The second-order valence-corrected chi connectivity index (χ2v) is 10.5. The topological polar surface area (TPSA) is 71.1 Å². The Hall–Kier alpha value is -1.50. The van der Waals surface area contributed by atoms with E-state index >= 15 is 0 Å². The molecule has 7 nitrogen and oxygen atoms in total. The minimum absolute atomic E-state index is 0.0942. The first-order chi connectivity index (χ1) is 13.3. The summed E-state index contributed by atoms with van der Waals surface area (Å²) in [5, 5.41) is 2.99. The van der Waals surface area contributed by atoms with E-state index in [1.54, 1.807) is 0 Å². The Morgan fingerprint density at radius 1 is 0.966 bits per heavy atom. The minimum atomic E-state index is -0.478. The number of hydrogen-bond donors (Lipinski definition) is 1. The number of nitrogens with zero attached hydrogens (tertiary/aromatic N) is 2. The predicted molar refractivity (Wildman–Crippen MR) is 114 cm³/mol. The van der Waals surface area contributed by atoms with E-state index in [9.17, 15) is 9.59 Å². The van der Waals surface area contributed by atoms with Gasteiger partial charge in [0.25, 0.3) is 0 Å². The molecule has 0 spiro atoms. The van der Waals surface area contributed by atoms with Crippen molar-refractivity contribution in [2.45, 2.75) is 97.4 Å². The number of likely N-dealkylation sites (tertiary alicyclic amines) is 2. The van der Waals surface area contributed by atoms with Crippen LogP contribution in [0.3, 0.4) is 0 Å². The quantitative estimate of drug-likeness (QED) is 0.757. The molecule has 0 saturated carbocycles. The van der Waals surface area contributed by atoms with E-state index in [0.717, 1.165) is 51.9 Å². The van der Waals surface area contributed by atoms with Gasteiger partial charge in [-0.3, -0.25) is 0 Å². The molecular weight excluding hydrogens is 370 g/mol. The molecule has 2 amide bonds. The van der Waals surface area contributed by atoms with Crippen molar-refractivity contribution in [3.05, 3.63) is 0 Å². The van der Waals surface area contributed by atoms with Crippen LogP contribution in [0.4, 0.5) is 9.59 Å². The molecule has 2 rings (SSSR count). The molecule has 0 aliphatic carbocycles. The number of hydrogen-bond acceptors (Lipinski definition) is 5. The Morgan fingerprint density at radius 3 is 2.10 bits per heavy atom. The zero-order chi connectivity index (χ0) is 21.8. The summed E-state index contributed by atoms with van der Waals surface area (Å²) in [5.74, 6) is 0.448. The van der Waals surface area contributed by atoms with Crippen LogP contribution in [0.15, 0.2) is 0 Å². The summed E-state index contributed by atoms with van der Waals surface area (Å²) in [6.45, 7) is 17.1. The van der Waals surface area contributed by atoms with Gasteiger partial charge >= 0.3 is 12.2 Å². The lowest BCUT2D eigenvalue weighted by molar-refractivity contribution is 0.0182. The van der Waals surface area contributed by atoms with Crippen molar-refractivity contribution in [1.29, 1.82) is 0 Å². The van der Waals surface area contributed by atoms with E-state index in [1.165, 1.54) is 0 Å². The van der Waals surface area contributed by atoms with Crippen molar-refractivity contribution >= 4 is 12.2 Å². The Bertz CT molecular complexity index is 559. The number of nitrogens with one attached hydrogen (secondary N) is 1. The van der Waals surface area contributed by atoms with E-state index in [1.807, 2.05) is 46.4 Å². The van der Waals surface area contributed by atoms with Crippen LogP contribution in [-0.2, 0) is 9.47 Å². The van der Waals surface area contributed by atoms with Crippen molar-refractivity contribution in [3.8, 4) is 0 Å². The molecule has 7 heteroatoms. The molecule has 29 heavy (non-hydrogen) atoms. The van der Waals surface area contributed by atoms with Gasteiger partial charge in [-0.05, 0) is 93.2 Å². The lowest BCUT2D eigenvalue weighted by Crippen LogP contribution is -2.49. The fraction of sp³-hybridized carbons (Fsp3) is 0.909. The van der Waals surface area contributed by atoms with E-state index in [-0.39, 0.29) is 24.3 Å². The number of ether oxygens (including phenoxy) is 2. The average Bonchev–Trinajstić information content (AvgIpc) is 3.00. The molecule has 0 aromatic heterocycles. The molecule has 1 N–H and O–H groups in total. The molecule has 2 heterocycles. The van der Waals surface area contributed by atoms with E-state index < -0.39 is 11.2 Å². The highest BCUT2D eigenvalue weighted by Gasteiger charge is 2.34. The van der Waals surface area contributed by atoms with Gasteiger partial charge in [0, 0.05) is 25.2 Å². The normalized spacial score (nSPS) is 23.0. The van der Waals surface area contributed by atoms with Gasteiger partial charge in [0.05, 0.1) is 0 Å². The number of carbonyl (C=O) groups excluding carboxylic acids is 2. The van der Waals surface area contributed by atoms with Crippen molar-refractivity contribution in [2.75, 3.05) is 26.2 Å². The number of piperidine rings is 1. The first-order valence-corrected chi connectivity index (χ1v) is 11.1. The van der Waals surface area contributed by atoms with E-state index in [2.05, 4.69) is 17.1 Å². The second kappa shape index (κ2) is 9.54. The van der Waals surface area contributed by atoms with E-state index in [0.29, 0.717) is 5.92 Å². The predicted octanol–water partition coefficient (Wildman–Crippen LogP) is 4.01. The zero-order valence-corrected chi connectivity index (χ0v) is 19.4. The first-order valence-electron chi connectivity index (χ1n) is 11.1. The molecule has 0 unspecified atom stereocenters. The van der Waals surface area contributed by atoms with Gasteiger partial charge in [-0.1, -0.05) is 0 Å². The minimum Gasteiger partial charge on any atom is -0.444 e. The van der Waals surface area contributed by atoms with Gasteiger partial charge in [-0.2, -0.15) is 0 Å². The molecule has 0 aromatic rings. The highest BCUT2D eigenvalue weighted by atomic mass is 16.6. The third kappa shape index (κ3) is 8.03. The molecule has 0 bridgehead atoms. The maximum atomic E-state index is 12.5. The van der Waals surface area contributed by atoms with Gasteiger partial charge in [-0.25, -0.2) is 9.59 Å². The van der Waals surface area contributed by atoms with Gasteiger partial charge in [0.2, 0.25) is 0 Å². The van der Waals surface area contributed by atoms with Crippen LogP contribution in [0.1, 0.15) is 74.1 Å². The summed E-state index contributed by atoms with van der Waals surface area (Å²) in [7, 11) is 0. The fourth-order valence-electron chi connectivity index (χ4n) is 4.13. The van der Waals surface area contributed by atoms with Crippen LogP contribution >= 0.6 is 0 Å². The molecule has 2 aliphatic rings. The van der Waals surface area contributed by atoms with Crippen LogP contribution in [0, 0.1) is 5.92 Å². The third-order valence-corrected chi connectivity index (χ3v) is 5.56. The fourth-order valence-corrected chi connectivity index (χ4v) is 4.13. The van der Waals surface area contributed by atoms with Crippen LogP contribution in [0.5, 0.6) is 0 Å². The molecule has 0 aromatic carbocycles. The van der Waals surface area contributed by atoms with Crippen LogP contribution in [-0.4, -0.2) is 71.5 Å². The number of rotatable bonds is 4. The van der Waals surface area contributed by atoms with Crippen LogP contribution in [0.2, 0.25) is 0 Å². The molecule has 0 radical (unpaired) electrons. The molecule has 168 valence electrons. The number of amides is 2. The first kappa shape index (κ1) is 23.8. The lowest BCUT2D eigenvalue weighted by atomic mass is 9.90. The summed E-state index contributed by atoms with van der Waals surface area (Å²) >= 11 is 0. The maximum absolute atomic E-state index is 12.5. The average molecular weight is 412 g/mol. The van der Waals surface area contributed by atoms with Gasteiger partial charge in [0.1, 0.15) is 11.2 Å². The Labute approximate surface area is 176 Å². The standard InChI is InChI=1S/C22H41N3O4/c1-16(23-19(26)28-21(2,3)4)17-10-13-24(14-11-17)15-18-9-8-12-25(18)20(27)29-22(5,6)7/h16-18H,8-15H2,1-7H3,(H,23,26)/t16-,18-/m0/s1. The monoisotopic (exact) mass is 411 g/mol. The Kier molecular flexibility index (Phi) is 7.82. The Morgan fingerprint density at radius 2 is 1.55 bits per heavy atom. The zero-order valence-electron chi connectivity index (χ0n) is 19.4. The molecule has 2 aliphatic heterocycles. The largest absolute Gasteiger partial charge is 0.444 e. The summed E-state index contributed by atoms with van der Waals surface area (Å²) < 4.78 is 10.9. The van der Waals surface area contributed by atoms with Crippen molar-refractivity contribution in [3.63, 3.8) is 0 Å². The molecule has 2 atom stereocenters. The molecular formula is C22H41N3O4. The maximum Gasteiger partial charge on any atom is 0.410 e. The summed E-state index contributed by atoms with van der Waals surface area (Å²) in [6.07, 6.45) is 3.62. The highest BCUT2D eigenvalue weighted by Crippen LogP contribution is 2.25. The van der Waals surface area contributed by atoms with Crippen molar-refractivity contribution in [2.24, 2.45) is 5.92 Å². The number of carbonyl (C=O) groups is 2. The van der Waals surface area contributed by atoms with Crippen LogP contribution in [0.25, 0.3) is 0 Å². The van der Waals surface area contributed by atoms with Crippen LogP contribution < -0.4 is 5.32 Å². The summed E-state index contributed by atoms with van der Waals surface area (Å²) in [6, 6.07) is 0.329. The Balaban J connectivity index is 1.77. The smallest absolute Gasteiger partial charge is 0.410 e. The summed E-state index contributed by atoms with van der Waals surface area (Å²) in [5.41, 5.74) is -0.936. The molecule has 2 saturated heterocycles. The highest BCUT2D eigenvalue weighted by molar-refractivity contribution is 5.69. The second-order valence-electron chi connectivity index (χ2n) is 10.5. The van der Waals surface area contributed by atoms with Gasteiger partial charge < -0.3 is 24.6 Å². The van der Waals surface area contributed by atoms with Crippen molar-refractivity contribution < 1.29 is 19.1 Å². The SMILES string of the molecule is C[C@H](NC(=O)OC(C)(C)C)C1CCN(C[C@@H]2CCCN2C(=O)OC(C)(C)C)CC1. The summed E-state index contributed by atoms with van der Waals surface area (Å²) in [4.78, 5) is 28.9.